The van der Waals surface area contributed by atoms with Gasteiger partial charge in [0.15, 0.2) is 11.3 Å². The largest absolute Gasteiger partial charge is 0.434 e. The Morgan fingerprint density at radius 2 is 1.83 bits per heavy atom. The molecule has 0 saturated heterocycles. The molecule has 2 heterocycles. The highest BCUT2D eigenvalue weighted by atomic mass is 35.5. The van der Waals surface area contributed by atoms with Crippen LogP contribution >= 0.6 is 11.6 Å². The number of aromatic nitrogens is 3. The predicted octanol–water partition coefficient (Wildman–Crippen LogP) is 5.63. The lowest BCUT2D eigenvalue weighted by molar-refractivity contribution is -0.143. The third-order valence-electron chi connectivity index (χ3n) is 4.48. The number of anilines is 1. The van der Waals surface area contributed by atoms with Crippen LogP contribution in [-0.4, -0.2) is 20.5 Å². The van der Waals surface area contributed by atoms with Gasteiger partial charge >= 0.3 is 6.18 Å². The minimum Gasteiger partial charge on any atom is -0.322 e. The molecule has 0 aliphatic rings. The zero-order chi connectivity index (χ0) is 21.5. The number of nitrogens with zero attached hydrogens (tertiary/aromatic N) is 3. The molecule has 0 bridgehead atoms. The quantitative estimate of drug-likeness (QED) is 0.458. The van der Waals surface area contributed by atoms with Crippen molar-refractivity contribution in [3.8, 4) is 11.1 Å². The Morgan fingerprint density at radius 1 is 1.10 bits per heavy atom. The molecule has 30 heavy (non-hydrogen) atoms. The predicted molar refractivity (Wildman–Crippen MR) is 108 cm³/mol. The van der Waals surface area contributed by atoms with Gasteiger partial charge in [0.05, 0.1) is 11.3 Å². The molecule has 152 valence electrons. The molecule has 0 radical (unpaired) electrons. The number of benzene rings is 2. The van der Waals surface area contributed by atoms with Crippen molar-refractivity contribution >= 4 is 28.8 Å². The second-order valence-corrected chi connectivity index (χ2v) is 6.98. The van der Waals surface area contributed by atoms with Crippen LogP contribution in [0, 0.1) is 6.92 Å². The van der Waals surface area contributed by atoms with Gasteiger partial charge in [-0.05, 0) is 30.7 Å². The summed E-state index contributed by atoms with van der Waals surface area (Å²) < 4.78 is 42.7. The van der Waals surface area contributed by atoms with Gasteiger partial charge in [-0.15, -0.1) is 0 Å². The summed E-state index contributed by atoms with van der Waals surface area (Å²) in [6.07, 6.45) is -3.92. The average molecular weight is 431 g/mol. The topological polar surface area (TPSA) is 59.3 Å². The van der Waals surface area contributed by atoms with Gasteiger partial charge in [0.1, 0.15) is 0 Å². The van der Waals surface area contributed by atoms with Gasteiger partial charge in [-0.1, -0.05) is 48.0 Å². The number of halogens is 4. The van der Waals surface area contributed by atoms with E-state index in [4.69, 9.17) is 11.6 Å². The number of aryl methyl sites for hydroxylation is 1. The monoisotopic (exact) mass is 430 g/mol. The lowest BCUT2D eigenvalue weighted by atomic mass is 10.1. The third-order valence-corrected chi connectivity index (χ3v) is 4.71. The maximum Gasteiger partial charge on any atom is 0.434 e. The second kappa shape index (κ2) is 7.46. The van der Waals surface area contributed by atoms with Crippen molar-refractivity contribution in [3.63, 3.8) is 0 Å². The number of amides is 1. The molecule has 0 fully saturated rings. The van der Waals surface area contributed by atoms with Gasteiger partial charge in [-0.3, -0.25) is 4.79 Å². The molecule has 1 amide bonds. The van der Waals surface area contributed by atoms with Crippen LogP contribution in [-0.2, 0) is 6.18 Å². The Kier molecular flexibility index (Phi) is 4.95. The summed E-state index contributed by atoms with van der Waals surface area (Å²) in [6, 6.07) is 15.0. The molecule has 4 rings (SSSR count). The van der Waals surface area contributed by atoms with Gasteiger partial charge in [0.2, 0.25) is 0 Å². The van der Waals surface area contributed by atoms with E-state index in [1.165, 1.54) is 12.1 Å². The molecular weight excluding hydrogens is 417 g/mol. The number of hydrogen-bond acceptors (Lipinski definition) is 3. The molecule has 4 aromatic rings. The summed E-state index contributed by atoms with van der Waals surface area (Å²) in [7, 11) is 0. The lowest BCUT2D eigenvalue weighted by Gasteiger charge is -2.14. The van der Waals surface area contributed by atoms with E-state index < -0.39 is 23.3 Å². The molecule has 0 atom stereocenters. The summed E-state index contributed by atoms with van der Waals surface area (Å²) in [5.74, 6) is -0.964. The highest BCUT2D eigenvalue weighted by molar-refractivity contribution is 6.31. The van der Waals surface area contributed by atoms with Crippen molar-refractivity contribution in [1.29, 1.82) is 0 Å². The van der Waals surface area contributed by atoms with Crippen LogP contribution in [0.2, 0.25) is 5.02 Å². The number of carbonyl (C=O) groups excluding carboxylic acids is 1. The molecule has 0 aliphatic heterocycles. The fourth-order valence-corrected chi connectivity index (χ4v) is 3.43. The molecule has 5 nitrogen and oxygen atoms in total. The molecule has 0 spiro atoms. The van der Waals surface area contributed by atoms with Crippen LogP contribution in [0.5, 0.6) is 0 Å². The summed E-state index contributed by atoms with van der Waals surface area (Å²) in [5.41, 5.74) is -0.0293. The summed E-state index contributed by atoms with van der Waals surface area (Å²) >= 11 is 5.88. The molecule has 2 aromatic heterocycles. The van der Waals surface area contributed by atoms with Gasteiger partial charge in [0.25, 0.3) is 5.91 Å². The van der Waals surface area contributed by atoms with Crippen molar-refractivity contribution in [1.82, 2.24) is 14.6 Å². The normalized spacial score (nSPS) is 11.6. The smallest absolute Gasteiger partial charge is 0.322 e. The first-order chi connectivity index (χ1) is 14.3. The first kappa shape index (κ1) is 19.9. The molecule has 2 aromatic carbocycles. The Bertz CT molecular complexity index is 1250. The van der Waals surface area contributed by atoms with Gasteiger partial charge in [-0.2, -0.15) is 18.3 Å². The van der Waals surface area contributed by atoms with E-state index in [1.54, 1.807) is 49.4 Å². The number of rotatable bonds is 3. The molecule has 1 N–H and O–H groups in total. The van der Waals surface area contributed by atoms with Crippen LogP contribution in [0.15, 0.2) is 60.8 Å². The van der Waals surface area contributed by atoms with Crippen LogP contribution in [0.4, 0.5) is 18.9 Å². The number of alkyl halides is 3. The van der Waals surface area contributed by atoms with Gasteiger partial charge < -0.3 is 5.32 Å². The number of nitrogens with one attached hydrogen (secondary N) is 1. The number of fused-ring (bicyclic) bond motifs is 1. The summed E-state index contributed by atoms with van der Waals surface area (Å²) in [5, 5.41) is 6.82. The third kappa shape index (κ3) is 3.61. The van der Waals surface area contributed by atoms with Crippen molar-refractivity contribution in [2.75, 3.05) is 5.32 Å². The van der Waals surface area contributed by atoms with Crippen molar-refractivity contribution in [2.45, 2.75) is 13.1 Å². The second-order valence-electron chi connectivity index (χ2n) is 6.54. The zero-order valence-corrected chi connectivity index (χ0v) is 16.3. The van der Waals surface area contributed by atoms with Gasteiger partial charge in [0, 0.05) is 22.5 Å². The zero-order valence-electron chi connectivity index (χ0n) is 15.5. The highest BCUT2D eigenvalue weighted by Gasteiger charge is 2.40. The number of hydrogen-bond donors (Lipinski definition) is 1. The lowest BCUT2D eigenvalue weighted by Crippen LogP contribution is -2.23. The van der Waals surface area contributed by atoms with Crippen LogP contribution in [0.3, 0.4) is 0 Å². The van der Waals surface area contributed by atoms with E-state index >= 15 is 0 Å². The van der Waals surface area contributed by atoms with Crippen LogP contribution in [0.25, 0.3) is 16.8 Å². The average Bonchev–Trinajstić information content (AvgIpc) is 3.02. The fourth-order valence-electron chi connectivity index (χ4n) is 3.24. The maximum absolute atomic E-state index is 14.0. The van der Waals surface area contributed by atoms with Crippen LogP contribution < -0.4 is 5.32 Å². The Morgan fingerprint density at radius 3 is 2.50 bits per heavy atom. The molecule has 9 heteroatoms. The Labute approximate surface area is 174 Å². The first-order valence-corrected chi connectivity index (χ1v) is 9.21. The maximum atomic E-state index is 14.0. The fraction of sp³-hybridized carbons (Fsp3) is 0.0952. The van der Waals surface area contributed by atoms with E-state index in [9.17, 15) is 18.0 Å². The Balaban J connectivity index is 1.88. The molecule has 0 saturated carbocycles. The van der Waals surface area contributed by atoms with Crippen LogP contribution in [0.1, 0.15) is 21.7 Å². The van der Waals surface area contributed by atoms with E-state index in [-0.39, 0.29) is 11.3 Å². The van der Waals surface area contributed by atoms with Crippen molar-refractivity contribution in [3.05, 3.63) is 82.8 Å². The SMILES string of the molecule is Cc1nn2c(C(F)(F)F)c(C(=O)Nc3cccc(Cl)c3)cnc2c1-c1ccccc1. The summed E-state index contributed by atoms with van der Waals surface area (Å²) in [4.78, 5) is 16.8. The minimum absolute atomic E-state index is 0.0188. The molecule has 0 unspecified atom stereocenters. The van der Waals surface area contributed by atoms with Crippen molar-refractivity contribution in [2.24, 2.45) is 0 Å². The van der Waals surface area contributed by atoms with Crippen molar-refractivity contribution < 1.29 is 18.0 Å². The first-order valence-electron chi connectivity index (χ1n) is 8.83. The number of carbonyl (C=O) groups is 1. The van der Waals surface area contributed by atoms with Gasteiger partial charge in [-0.25, -0.2) is 9.50 Å². The van der Waals surface area contributed by atoms with E-state index in [0.717, 1.165) is 6.20 Å². The standard InChI is InChI=1S/C21H14ClF3N4O/c1-12-17(13-6-3-2-4-7-13)19-26-11-16(18(21(23,24)25)29(19)28-12)20(30)27-15-9-5-8-14(22)10-15/h2-11H,1H3,(H,27,30). The summed E-state index contributed by atoms with van der Waals surface area (Å²) in [6.45, 7) is 1.60. The highest BCUT2D eigenvalue weighted by Crippen LogP contribution is 2.35. The van der Waals surface area contributed by atoms with E-state index in [0.29, 0.717) is 26.4 Å². The minimum atomic E-state index is -4.84. The molecular formula is C21H14ClF3N4O. The Hall–Kier alpha value is -3.39. The van der Waals surface area contributed by atoms with E-state index in [1.807, 2.05) is 0 Å². The van der Waals surface area contributed by atoms with E-state index in [2.05, 4.69) is 15.4 Å². The molecule has 0 aliphatic carbocycles.